The number of halogens is 3. The van der Waals surface area contributed by atoms with Gasteiger partial charge in [-0.05, 0) is 29.3 Å². The molecular formula is C23H19F3N4O3. The summed E-state index contributed by atoms with van der Waals surface area (Å²) in [6.07, 6.45) is -2.76. The Morgan fingerprint density at radius 1 is 1.21 bits per heavy atom. The van der Waals surface area contributed by atoms with Crippen LogP contribution in [0.3, 0.4) is 0 Å². The van der Waals surface area contributed by atoms with Crippen LogP contribution in [-0.2, 0) is 24.0 Å². The van der Waals surface area contributed by atoms with Crippen LogP contribution in [0.1, 0.15) is 40.2 Å². The molecule has 0 saturated heterocycles. The van der Waals surface area contributed by atoms with E-state index in [1.807, 2.05) is 6.07 Å². The van der Waals surface area contributed by atoms with Crippen LogP contribution >= 0.6 is 0 Å². The molecule has 10 heteroatoms. The third kappa shape index (κ3) is 4.62. The number of nitriles is 1. The summed E-state index contributed by atoms with van der Waals surface area (Å²) in [5, 5.41) is 18.2. The molecule has 1 aliphatic heterocycles. The highest BCUT2D eigenvalue weighted by Gasteiger charge is 2.34. The Balaban J connectivity index is 1.59. The summed E-state index contributed by atoms with van der Waals surface area (Å²) in [7, 11) is 1.43. The zero-order valence-corrected chi connectivity index (χ0v) is 17.5. The number of fused-ring (bicyclic) bond motifs is 1. The molecule has 1 aliphatic rings. The number of amides is 1. The smallest absolute Gasteiger partial charge is 0.416 e. The fraction of sp³-hybridized carbons (Fsp3) is 0.261. The number of methoxy groups -OCH3 is 1. The summed E-state index contributed by atoms with van der Waals surface area (Å²) in [4.78, 5) is 12.0. The van der Waals surface area contributed by atoms with Gasteiger partial charge in [-0.25, -0.2) is 0 Å². The molecule has 0 bridgehead atoms. The summed E-state index contributed by atoms with van der Waals surface area (Å²) in [5.41, 5.74) is 1.01. The summed E-state index contributed by atoms with van der Waals surface area (Å²) < 4.78 is 51.6. The van der Waals surface area contributed by atoms with Gasteiger partial charge in [0.2, 0.25) is 5.91 Å². The van der Waals surface area contributed by atoms with Crippen molar-refractivity contribution >= 4 is 11.7 Å². The number of H-pyrrole nitrogens is 1. The van der Waals surface area contributed by atoms with Crippen molar-refractivity contribution in [1.82, 2.24) is 10.2 Å². The molecule has 170 valence electrons. The molecule has 3 aromatic rings. The van der Waals surface area contributed by atoms with Gasteiger partial charge in [-0.1, -0.05) is 18.2 Å². The summed E-state index contributed by atoms with van der Waals surface area (Å²) in [6, 6.07) is 10.7. The lowest BCUT2D eigenvalue weighted by Crippen LogP contribution is -2.23. The van der Waals surface area contributed by atoms with Crippen LogP contribution in [0.15, 0.2) is 42.6 Å². The predicted octanol–water partition coefficient (Wildman–Crippen LogP) is 4.56. The van der Waals surface area contributed by atoms with Gasteiger partial charge >= 0.3 is 6.18 Å². The van der Waals surface area contributed by atoms with E-state index >= 15 is 0 Å². The first-order chi connectivity index (χ1) is 15.8. The van der Waals surface area contributed by atoms with Crippen LogP contribution in [0, 0.1) is 11.3 Å². The van der Waals surface area contributed by atoms with Crippen LogP contribution in [0.4, 0.5) is 19.0 Å². The van der Waals surface area contributed by atoms with Gasteiger partial charge in [0.25, 0.3) is 0 Å². The number of anilines is 1. The minimum absolute atomic E-state index is 0.0534. The number of benzene rings is 2. The molecule has 1 amide bonds. The number of rotatable bonds is 6. The predicted molar refractivity (Wildman–Crippen MR) is 112 cm³/mol. The second-order valence-electron chi connectivity index (χ2n) is 7.52. The van der Waals surface area contributed by atoms with Crippen molar-refractivity contribution in [2.75, 3.05) is 12.4 Å². The number of nitrogens with zero attached hydrogens (tertiary/aromatic N) is 2. The normalized spacial score (nSPS) is 15.4. The summed E-state index contributed by atoms with van der Waals surface area (Å²) in [5.74, 6) is 0.648. The molecule has 0 fully saturated rings. The Labute approximate surface area is 187 Å². The van der Waals surface area contributed by atoms with Gasteiger partial charge in [-0.3, -0.25) is 9.89 Å². The quantitative estimate of drug-likeness (QED) is 0.567. The summed E-state index contributed by atoms with van der Waals surface area (Å²) >= 11 is 0. The van der Waals surface area contributed by atoms with E-state index in [9.17, 15) is 18.0 Å². The maximum absolute atomic E-state index is 13.5. The molecular weight excluding hydrogens is 437 g/mol. The van der Waals surface area contributed by atoms with Crippen LogP contribution in [-0.4, -0.2) is 23.2 Å². The second-order valence-corrected chi connectivity index (χ2v) is 7.52. The van der Waals surface area contributed by atoms with Gasteiger partial charge in [-0.15, -0.1) is 0 Å². The lowest BCUT2D eigenvalue weighted by atomic mass is 9.87. The van der Waals surface area contributed by atoms with E-state index < -0.39 is 11.7 Å². The lowest BCUT2D eigenvalue weighted by molar-refractivity contribution is -0.138. The molecule has 7 nitrogen and oxygen atoms in total. The first-order valence-corrected chi connectivity index (χ1v) is 10.0. The molecule has 0 saturated carbocycles. The number of nitrogens with one attached hydrogen (secondary N) is 2. The fourth-order valence-corrected chi connectivity index (χ4v) is 3.83. The third-order valence-corrected chi connectivity index (χ3v) is 5.43. The number of aromatic amines is 1. The molecule has 2 N–H and O–H groups in total. The van der Waals surface area contributed by atoms with Crippen molar-refractivity contribution in [2.24, 2.45) is 0 Å². The number of hydrogen-bond donors (Lipinski definition) is 2. The molecule has 2 aromatic carbocycles. The standard InChI is InChI=1S/C23H19F3N4O3/c1-32-20-9-14(16-10-21(31)29-22-17(16)11-28-30-22)4-5-19(20)33-12-15-3-2-13(6-7-27)8-18(15)23(24,25)26/h2-5,8-9,11,16H,6,10,12H2,1H3,(H2,28,29,30,31). The van der Waals surface area contributed by atoms with E-state index in [-0.39, 0.29) is 48.2 Å². The fourth-order valence-electron chi connectivity index (χ4n) is 3.83. The van der Waals surface area contributed by atoms with Crippen LogP contribution < -0.4 is 14.8 Å². The van der Waals surface area contributed by atoms with Crippen LogP contribution in [0.5, 0.6) is 11.5 Å². The Hall–Kier alpha value is -4.00. The number of alkyl halides is 3. The third-order valence-electron chi connectivity index (χ3n) is 5.43. The van der Waals surface area contributed by atoms with Gasteiger partial charge < -0.3 is 14.8 Å². The molecule has 33 heavy (non-hydrogen) atoms. The number of ether oxygens (including phenoxy) is 2. The average Bonchev–Trinajstić information content (AvgIpc) is 3.25. The number of aromatic nitrogens is 2. The topological polar surface area (TPSA) is 100 Å². The lowest BCUT2D eigenvalue weighted by Gasteiger charge is -2.23. The zero-order valence-electron chi connectivity index (χ0n) is 17.5. The maximum atomic E-state index is 13.5. The molecule has 1 atom stereocenters. The van der Waals surface area contributed by atoms with E-state index in [0.717, 1.165) is 17.2 Å². The minimum atomic E-state index is -4.58. The van der Waals surface area contributed by atoms with E-state index in [1.165, 1.54) is 19.2 Å². The van der Waals surface area contributed by atoms with Gasteiger partial charge in [-0.2, -0.15) is 23.5 Å². The average molecular weight is 456 g/mol. The zero-order chi connectivity index (χ0) is 23.6. The summed E-state index contributed by atoms with van der Waals surface area (Å²) in [6.45, 7) is -0.338. The van der Waals surface area contributed by atoms with Crippen molar-refractivity contribution in [3.8, 4) is 17.6 Å². The Bertz CT molecular complexity index is 1230. The van der Waals surface area contributed by atoms with Crippen LogP contribution in [0.2, 0.25) is 0 Å². The van der Waals surface area contributed by atoms with Gasteiger partial charge in [0.1, 0.15) is 6.61 Å². The highest BCUT2D eigenvalue weighted by molar-refractivity contribution is 5.94. The van der Waals surface area contributed by atoms with E-state index in [2.05, 4.69) is 15.5 Å². The number of carbonyl (C=O) groups is 1. The van der Waals surface area contributed by atoms with Crippen molar-refractivity contribution in [3.05, 3.63) is 70.4 Å². The minimum Gasteiger partial charge on any atom is -0.493 e. The largest absolute Gasteiger partial charge is 0.493 e. The Morgan fingerprint density at radius 2 is 2.03 bits per heavy atom. The molecule has 0 radical (unpaired) electrons. The van der Waals surface area contributed by atoms with Gasteiger partial charge in [0.15, 0.2) is 17.3 Å². The molecule has 0 spiro atoms. The van der Waals surface area contributed by atoms with Crippen molar-refractivity contribution in [1.29, 1.82) is 5.26 Å². The van der Waals surface area contributed by atoms with E-state index in [1.54, 1.807) is 24.4 Å². The first kappa shape index (κ1) is 22.2. The van der Waals surface area contributed by atoms with E-state index in [4.69, 9.17) is 14.7 Å². The second kappa shape index (κ2) is 8.86. The first-order valence-electron chi connectivity index (χ1n) is 10.0. The highest BCUT2D eigenvalue weighted by Crippen LogP contribution is 2.40. The SMILES string of the molecule is COc1cc(C2CC(=O)Nc3n[nH]cc32)ccc1OCc1ccc(CC#N)cc1C(F)(F)F. The molecule has 0 aliphatic carbocycles. The maximum Gasteiger partial charge on any atom is 0.416 e. The highest BCUT2D eigenvalue weighted by atomic mass is 19.4. The van der Waals surface area contributed by atoms with Crippen molar-refractivity contribution in [2.45, 2.75) is 31.5 Å². The van der Waals surface area contributed by atoms with E-state index in [0.29, 0.717) is 11.6 Å². The van der Waals surface area contributed by atoms with Gasteiger partial charge in [0.05, 0.1) is 25.2 Å². The monoisotopic (exact) mass is 456 g/mol. The number of carbonyl (C=O) groups excluding carboxylic acids is 1. The van der Waals surface area contributed by atoms with Gasteiger partial charge in [0, 0.05) is 29.7 Å². The van der Waals surface area contributed by atoms with Crippen molar-refractivity contribution < 1.29 is 27.4 Å². The molecule has 4 rings (SSSR count). The Kier molecular flexibility index (Phi) is 5.96. The van der Waals surface area contributed by atoms with Crippen LogP contribution in [0.25, 0.3) is 0 Å². The van der Waals surface area contributed by atoms with Crippen molar-refractivity contribution in [3.63, 3.8) is 0 Å². The Morgan fingerprint density at radius 3 is 2.76 bits per heavy atom. The molecule has 2 heterocycles. The molecule has 1 unspecified atom stereocenters. The number of hydrogen-bond acceptors (Lipinski definition) is 5. The molecule has 1 aromatic heterocycles.